The Bertz CT molecular complexity index is 624. The van der Waals surface area contributed by atoms with Crippen LogP contribution in [0.5, 0.6) is 0 Å². The summed E-state index contributed by atoms with van der Waals surface area (Å²) in [6.45, 7) is 3.30. The molecule has 3 rings (SSSR count). The molecular formula is C15H18Cl2N2O3S. The van der Waals surface area contributed by atoms with Gasteiger partial charge >= 0.3 is 0 Å². The van der Waals surface area contributed by atoms with Gasteiger partial charge in [0.1, 0.15) is 11.9 Å². The number of carbonyl (C=O) groups excluding carboxylic acids is 1. The van der Waals surface area contributed by atoms with Crippen molar-refractivity contribution in [2.75, 3.05) is 32.7 Å². The van der Waals surface area contributed by atoms with Crippen molar-refractivity contribution in [3.8, 4) is 0 Å². The first-order valence-electron chi connectivity index (χ1n) is 7.12. The molecule has 0 saturated carbocycles. The number of hydrogen-bond acceptors (Lipinski definition) is 5. The van der Waals surface area contributed by atoms with Crippen LogP contribution in [0.2, 0.25) is 4.34 Å². The van der Waals surface area contributed by atoms with Crippen molar-refractivity contribution in [2.45, 2.75) is 6.10 Å². The molecule has 2 aromatic rings. The lowest BCUT2D eigenvalue weighted by Gasteiger charge is -2.35. The maximum atomic E-state index is 12.3. The fourth-order valence-electron chi connectivity index (χ4n) is 2.53. The van der Waals surface area contributed by atoms with Crippen molar-refractivity contribution in [1.29, 1.82) is 0 Å². The Morgan fingerprint density at radius 3 is 2.61 bits per heavy atom. The van der Waals surface area contributed by atoms with Gasteiger partial charge in [0, 0.05) is 32.7 Å². The molecule has 1 aliphatic rings. The van der Waals surface area contributed by atoms with E-state index in [4.69, 9.17) is 16.0 Å². The molecule has 5 nitrogen and oxygen atoms in total. The summed E-state index contributed by atoms with van der Waals surface area (Å²) in [5, 5.41) is 10.1. The van der Waals surface area contributed by atoms with Gasteiger partial charge in [0.25, 0.3) is 5.91 Å². The van der Waals surface area contributed by atoms with E-state index in [9.17, 15) is 9.90 Å². The first-order chi connectivity index (χ1) is 10.6. The van der Waals surface area contributed by atoms with Crippen LogP contribution in [-0.2, 0) is 0 Å². The molecule has 0 aromatic carbocycles. The van der Waals surface area contributed by atoms with Crippen LogP contribution in [0.15, 0.2) is 34.9 Å². The molecular weight excluding hydrogens is 359 g/mol. The number of aliphatic hydroxyl groups is 1. The highest BCUT2D eigenvalue weighted by molar-refractivity contribution is 7.17. The number of β-amino-alcohol motifs (C(OH)–C–C–N with tert-alkyl or cyclic N) is 1. The molecule has 1 amide bonds. The van der Waals surface area contributed by atoms with E-state index >= 15 is 0 Å². The number of carbonyl (C=O) groups is 1. The zero-order chi connectivity index (χ0) is 15.5. The van der Waals surface area contributed by atoms with Crippen molar-refractivity contribution >= 4 is 41.3 Å². The van der Waals surface area contributed by atoms with Crippen molar-refractivity contribution in [2.24, 2.45) is 0 Å². The monoisotopic (exact) mass is 376 g/mol. The second-order valence-corrected chi connectivity index (χ2v) is 6.94. The first-order valence-corrected chi connectivity index (χ1v) is 8.31. The van der Waals surface area contributed by atoms with Crippen LogP contribution in [0.25, 0.3) is 0 Å². The minimum Gasteiger partial charge on any atom is -0.467 e. The number of furan rings is 1. The van der Waals surface area contributed by atoms with Gasteiger partial charge in [0.05, 0.1) is 15.5 Å². The van der Waals surface area contributed by atoms with E-state index in [-0.39, 0.29) is 18.3 Å². The number of rotatable bonds is 4. The summed E-state index contributed by atoms with van der Waals surface area (Å²) in [5.74, 6) is 0.606. The Hall–Kier alpha value is -1.05. The predicted molar refractivity (Wildman–Crippen MR) is 92.6 cm³/mol. The SMILES string of the molecule is Cl.O=C(c1ccc(Cl)s1)N1CCN(CC(O)c2ccco2)CC1. The average Bonchev–Trinajstić information content (AvgIpc) is 3.18. The standard InChI is InChI=1S/C15H17ClN2O3S.ClH/c16-14-4-3-13(22-14)15(20)18-7-5-17(6-8-18)10-11(19)12-2-1-9-21-12;/h1-4,9,11,19H,5-8,10H2;1H. The lowest BCUT2D eigenvalue weighted by molar-refractivity contribution is 0.0489. The summed E-state index contributed by atoms with van der Waals surface area (Å²) >= 11 is 7.18. The highest BCUT2D eigenvalue weighted by Gasteiger charge is 2.25. The smallest absolute Gasteiger partial charge is 0.264 e. The molecule has 1 unspecified atom stereocenters. The molecule has 23 heavy (non-hydrogen) atoms. The van der Waals surface area contributed by atoms with Gasteiger partial charge < -0.3 is 14.4 Å². The molecule has 0 spiro atoms. The van der Waals surface area contributed by atoms with Gasteiger partial charge in [-0.2, -0.15) is 0 Å². The largest absolute Gasteiger partial charge is 0.467 e. The second kappa shape index (κ2) is 8.17. The number of hydrogen-bond donors (Lipinski definition) is 1. The summed E-state index contributed by atoms with van der Waals surface area (Å²) in [5.41, 5.74) is 0. The summed E-state index contributed by atoms with van der Waals surface area (Å²) in [6.07, 6.45) is 0.926. The zero-order valence-corrected chi connectivity index (χ0v) is 14.7. The van der Waals surface area contributed by atoms with E-state index in [0.717, 1.165) is 13.1 Å². The van der Waals surface area contributed by atoms with Crippen molar-refractivity contribution in [3.05, 3.63) is 45.5 Å². The van der Waals surface area contributed by atoms with Gasteiger partial charge in [-0.1, -0.05) is 11.6 Å². The van der Waals surface area contributed by atoms with E-state index < -0.39 is 6.10 Å². The zero-order valence-electron chi connectivity index (χ0n) is 12.4. The summed E-state index contributed by atoms with van der Waals surface area (Å²) in [6, 6.07) is 7.05. The minimum atomic E-state index is -0.631. The Morgan fingerprint density at radius 1 is 1.30 bits per heavy atom. The van der Waals surface area contributed by atoms with Gasteiger partial charge in [0.2, 0.25) is 0 Å². The Kier molecular flexibility index (Phi) is 6.50. The lowest BCUT2D eigenvalue weighted by Crippen LogP contribution is -2.49. The van der Waals surface area contributed by atoms with Gasteiger partial charge in [-0.15, -0.1) is 23.7 Å². The molecule has 1 saturated heterocycles. The number of nitrogens with zero attached hydrogens (tertiary/aromatic N) is 2. The molecule has 2 aromatic heterocycles. The van der Waals surface area contributed by atoms with Crippen LogP contribution < -0.4 is 0 Å². The molecule has 3 heterocycles. The maximum Gasteiger partial charge on any atom is 0.264 e. The number of amides is 1. The van der Waals surface area contributed by atoms with Crippen LogP contribution in [0, 0.1) is 0 Å². The van der Waals surface area contributed by atoms with Crippen LogP contribution >= 0.6 is 35.3 Å². The van der Waals surface area contributed by atoms with E-state index in [0.29, 0.717) is 34.6 Å². The number of piperazine rings is 1. The summed E-state index contributed by atoms with van der Waals surface area (Å²) < 4.78 is 5.83. The fourth-order valence-corrected chi connectivity index (χ4v) is 3.55. The normalized spacial score (nSPS) is 16.9. The molecule has 126 valence electrons. The molecule has 0 aliphatic carbocycles. The van der Waals surface area contributed by atoms with Crippen molar-refractivity contribution in [3.63, 3.8) is 0 Å². The second-order valence-electron chi connectivity index (χ2n) is 5.23. The van der Waals surface area contributed by atoms with Crippen LogP contribution in [0.3, 0.4) is 0 Å². The van der Waals surface area contributed by atoms with Crippen molar-refractivity contribution < 1.29 is 14.3 Å². The Labute approximate surface area is 149 Å². The Balaban J connectivity index is 0.00000192. The minimum absolute atomic E-state index is 0. The summed E-state index contributed by atoms with van der Waals surface area (Å²) in [7, 11) is 0. The molecule has 1 fully saturated rings. The summed E-state index contributed by atoms with van der Waals surface area (Å²) in [4.78, 5) is 17.0. The van der Waals surface area contributed by atoms with E-state index in [1.54, 1.807) is 30.5 Å². The Morgan fingerprint density at radius 2 is 2.04 bits per heavy atom. The van der Waals surface area contributed by atoms with E-state index in [2.05, 4.69) is 4.90 Å². The number of thiophene rings is 1. The third-order valence-electron chi connectivity index (χ3n) is 3.75. The third kappa shape index (κ3) is 4.49. The molecule has 1 N–H and O–H groups in total. The van der Waals surface area contributed by atoms with Crippen LogP contribution in [0.4, 0.5) is 0 Å². The first kappa shape index (κ1) is 18.3. The molecule has 0 bridgehead atoms. The molecule has 1 atom stereocenters. The quantitative estimate of drug-likeness (QED) is 0.890. The predicted octanol–water partition coefficient (Wildman–Crippen LogP) is 2.91. The third-order valence-corrected chi connectivity index (χ3v) is 4.97. The lowest BCUT2D eigenvalue weighted by atomic mass is 10.2. The number of aliphatic hydroxyl groups excluding tert-OH is 1. The van der Waals surface area contributed by atoms with Crippen molar-refractivity contribution in [1.82, 2.24) is 9.80 Å². The average molecular weight is 377 g/mol. The van der Waals surface area contributed by atoms with E-state index in [1.165, 1.54) is 11.3 Å². The van der Waals surface area contributed by atoms with Gasteiger partial charge in [-0.05, 0) is 24.3 Å². The maximum absolute atomic E-state index is 12.3. The topological polar surface area (TPSA) is 56.9 Å². The van der Waals surface area contributed by atoms with Crippen LogP contribution in [-0.4, -0.2) is 53.5 Å². The fraction of sp³-hybridized carbons (Fsp3) is 0.400. The number of halogens is 2. The molecule has 8 heteroatoms. The van der Waals surface area contributed by atoms with Gasteiger partial charge in [-0.25, -0.2) is 0 Å². The van der Waals surface area contributed by atoms with Crippen LogP contribution in [0.1, 0.15) is 21.5 Å². The van der Waals surface area contributed by atoms with E-state index in [1.807, 2.05) is 4.90 Å². The molecule has 1 aliphatic heterocycles. The highest BCUT2D eigenvalue weighted by Crippen LogP contribution is 2.23. The highest BCUT2D eigenvalue weighted by atomic mass is 35.5. The molecule has 0 radical (unpaired) electrons. The van der Waals surface area contributed by atoms with Gasteiger partial charge in [0.15, 0.2) is 0 Å². The van der Waals surface area contributed by atoms with Gasteiger partial charge in [-0.3, -0.25) is 9.69 Å².